The number of benzene rings is 1. The van der Waals surface area contributed by atoms with E-state index in [1.807, 2.05) is 13.0 Å². The summed E-state index contributed by atoms with van der Waals surface area (Å²) < 4.78 is 37.7. The van der Waals surface area contributed by atoms with Crippen LogP contribution >= 0.6 is 23.2 Å². The van der Waals surface area contributed by atoms with Gasteiger partial charge in [-0.15, -0.1) is 0 Å². The Bertz CT molecular complexity index is 1090. The zero-order valence-electron chi connectivity index (χ0n) is 15.9. The van der Waals surface area contributed by atoms with E-state index >= 15 is 0 Å². The highest BCUT2D eigenvalue weighted by atomic mass is 35.5. The molecule has 4 rings (SSSR count). The first-order valence-corrected chi connectivity index (χ1v) is 9.50. The van der Waals surface area contributed by atoms with E-state index in [0.29, 0.717) is 28.6 Å². The maximum atomic E-state index is 13.5. The van der Waals surface area contributed by atoms with Gasteiger partial charge in [0.05, 0.1) is 43.0 Å². The van der Waals surface area contributed by atoms with Gasteiger partial charge in [0.25, 0.3) is 5.92 Å². The average molecular weight is 440 g/mol. The van der Waals surface area contributed by atoms with E-state index < -0.39 is 19.0 Å². The van der Waals surface area contributed by atoms with E-state index in [4.69, 9.17) is 32.7 Å². The molecule has 0 radical (unpaired) electrons. The predicted molar refractivity (Wildman–Crippen MR) is 110 cm³/mol. The van der Waals surface area contributed by atoms with Crippen LogP contribution in [0.1, 0.15) is 5.69 Å². The van der Waals surface area contributed by atoms with Gasteiger partial charge in [-0.05, 0) is 19.1 Å². The van der Waals surface area contributed by atoms with Crippen molar-refractivity contribution in [2.75, 3.05) is 32.2 Å². The largest absolute Gasteiger partial charge is 0.495 e. The number of methoxy groups -OCH3 is 2. The summed E-state index contributed by atoms with van der Waals surface area (Å²) in [5, 5.41) is 1.98. The summed E-state index contributed by atoms with van der Waals surface area (Å²) in [5.74, 6) is -1.57. The molecule has 0 saturated carbocycles. The third-order valence-electron chi connectivity index (χ3n) is 4.80. The number of hydrogen-bond donors (Lipinski definition) is 0. The Balaban J connectivity index is 1.98. The molecule has 0 aliphatic carbocycles. The van der Waals surface area contributed by atoms with Crippen LogP contribution in [0.4, 0.5) is 14.6 Å². The van der Waals surface area contributed by atoms with Crippen molar-refractivity contribution in [2.24, 2.45) is 0 Å². The maximum absolute atomic E-state index is 13.5. The molecule has 1 aliphatic rings. The lowest BCUT2D eigenvalue weighted by atomic mass is 10.0. The van der Waals surface area contributed by atoms with Gasteiger partial charge in [0.15, 0.2) is 0 Å². The molecule has 29 heavy (non-hydrogen) atoms. The van der Waals surface area contributed by atoms with E-state index in [9.17, 15) is 8.78 Å². The van der Waals surface area contributed by atoms with Crippen LogP contribution in [0.3, 0.4) is 0 Å². The minimum absolute atomic E-state index is 0.255. The van der Waals surface area contributed by atoms with Crippen molar-refractivity contribution in [3.05, 3.63) is 40.1 Å². The zero-order valence-corrected chi connectivity index (χ0v) is 17.4. The number of nitrogens with zero attached hydrogens (tertiary/aromatic N) is 3. The van der Waals surface area contributed by atoms with Gasteiger partial charge in [-0.3, -0.25) is 4.98 Å². The van der Waals surface area contributed by atoms with Crippen molar-refractivity contribution in [2.45, 2.75) is 12.8 Å². The number of ether oxygens (including phenoxy) is 2. The molecule has 5 nitrogen and oxygen atoms in total. The molecule has 1 aromatic carbocycles. The average Bonchev–Trinajstić information content (AvgIpc) is 2.66. The van der Waals surface area contributed by atoms with Gasteiger partial charge in [-0.2, -0.15) is 0 Å². The number of pyridine rings is 2. The molecule has 9 heteroatoms. The van der Waals surface area contributed by atoms with Crippen LogP contribution in [0.15, 0.2) is 24.4 Å². The molecule has 0 amide bonds. The fraction of sp³-hybridized carbons (Fsp3) is 0.300. The second kappa shape index (κ2) is 7.15. The van der Waals surface area contributed by atoms with Crippen molar-refractivity contribution in [3.8, 4) is 22.8 Å². The number of aromatic nitrogens is 2. The van der Waals surface area contributed by atoms with Gasteiger partial charge in [0.2, 0.25) is 0 Å². The molecular weight excluding hydrogens is 423 g/mol. The maximum Gasteiger partial charge on any atom is 0.282 e. The highest BCUT2D eigenvalue weighted by molar-refractivity contribution is 6.41. The Labute approximate surface area is 176 Å². The third kappa shape index (κ3) is 3.42. The molecule has 0 bridgehead atoms. The van der Waals surface area contributed by atoms with Gasteiger partial charge in [0.1, 0.15) is 17.3 Å². The minimum Gasteiger partial charge on any atom is -0.495 e. The molecule has 3 heterocycles. The number of aryl methyl sites for hydroxylation is 1. The monoisotopic (exact) mass is 439 g/mol. The van der Waals surface area contributed by atoms with Crippen LogP contribution in [0.25, 0.3) is 22.0 Å². The van der Waals surface area contributed by atoms with Crippen LogP contribution in [0.2, 0.25) is 10.0 Å². The molecule has 2 aromatic heterocycles. The third-order valence-corrected chi connectivity index (χ3v) is 5.56. The fourth-order valence-electron chi connectivity index (χ4n) is 3.37. The van der Waals surface area contributed by atoms with Crippen molar-refractivity contribution in [1.82, 2.24) is 9.97 Å². The quantitative estimate of drug-likeness (QED) is 0.545. The minimum atomic E-state index is -2.74. The Morgan fingerprint density at radius 2 is 1.66 bits per heavy atom. The van der Waals surface area contributed by atoms with Crippen molar-refractivity contribution < 1.29 is 18.3 Å². The second-order valence-corrected chi connectivity index (χ2v) is 7.63. The summed E-state index contributed by atoms with van der Waals surface area (Å²) in [6.45, 7) is 1.04. The molecule has 0 unspecified atom stereocenters. The van der Waals surface area contributed by atoms with E-state index in [0.717, 1.165) is 16.5 Å². The molecule has 0 N–H and O–H groups in total. The molecule has 0 atom stereocenters. The number of hydrogen-bond acceptors (Lipinski definition) is 5. The summed E-state index contributed by atoms with van der Waals surface area (Å²) >= 11 is 13.0. The summed E-state index contributed by atoms with van der Waals surface area (Å²) in [5.41, 5.74) is 1.58. The van der Waals surface area contributed by atoms with Crippen LogP contribution in [-0.4, -0.2) is 43.2 Å². The zero-order chi connectivity index (χ0) is 20.9. The lowest BCUT2D eigenvalue weighted by Gasteiger charge is -2.40. The van der Waals surface area contributed by atoms with Crippen LogP contribution in [0, 0.1) is 6.92 Å². The topological polar surface area (TPSA) is 47.5 Å². The van der Waals surface area contributed by atoms with E-state index in [1.54, 1.807) is 18.3 Å². The van der Waals surface area contributed by atoms with Gasteiger partial charge in [0, 0.05) is 34.3 Å². The van der Waals surface area contributed by atoms with Gasteiger partial charge in [-0.25, -0.2) is 13.8 Å². The summed E-state index contributed by atoms with van der Waals surface area (Å²) in [6.07, 6.45) is 1.68. The molecule has 3 aromatic rings. The highest BCUT2D eigenvalue weighted by Gasteiger charge is 2.45. The van der Waals surface area contributed by atoms with E-state index in [1.165, 1.54) is 19.1 Å². The van der Waals surface area contributed by atoms with Gasteiger partial charge in [-0.1, -0.05) is 23.2 Å². The van der Waals surface area contributed by atoms with Crippen LogP contribution in [-0.2, 0) is 0 Å². The first kappa shape index (κ1) is 19.9. The van der Waals surface area contributed by atoms with E-state index in [-0.39, 0.29) is 10.0 Å². The Kier molecular flexibility index (Phi) is 4.91. The molecule has 1 aliphatic heterocycles. The number of rotatable bonds is 4. The lowest BCUT2D eigenvalue weighted by molar-refractivity contribution is -0.0265. The summed E-state index contributed by atoms with van der Waals surface area (Å²) in [4.78, 5) is 10.5. The highest BCUT2D eigenvalue weighted by Crippen LogP contribution is 2.47. The molecule has 1 saturated heterocycles. The van der Waals surface area contributed by atoms with Crippen LogP contribution in [0.5, 0.6) is 11.5 Å². The summed E-state index contributed by atoms with van der Waals surface area (Å²) in [7, 11) is 2.96. The van der Waals surface area contributed by atoms with Gasteiger partial charge >= 0.3 is 0 Å². The number of fused-ring (bicyclic) bond motifs is 1. The van der Waals surface area contributed by atoms with Gasteiger partial charge < -0.3 is 14.4 Å². The molecular formula is C20H17Cl2F2N3O2. The fourth-order valence-corrected chi connectivity index (χ4v) is 4.07. The van der Waals surface area contributed by atoms with Crippen molar-refractivity contribution >= 4 is 39.8 Å². The molecule has 0 spiro atoms. The van der Waals surface area contributed by atoms with Crippen molar-refractivity contribution in [3.63, 3.8) is 0 Å². The molecule has 1 fully saturated rings. The second-order valence-electron chi connectivity index (χ2n) is 6.87. The Morgan fingerprint density at radius 1 is 1.03 bits per heavy atom. The lowest BCUT2D eigenvalue weighted by Crippen LogP contribution is -2.56. The summed E-state index contributed by atoms with van der Waals surface area (Å²) in [6, 6.07) is 5.18. The first-order chi connectivity index (χ1) is 13.7. The smallest absolute Gasteiger partial charge is 0.282 e. The first-order valence-electron chi connectivity index (χ1n) is 8.74. The molecule has 152 valence electrons. The van der Waals surface area contributed by atoms with E-state index in [2.05, 4.69) is 9.97 Å². The number of halogens is 4. The van der Waals surface area contributed by atoms with Crippen LogP contribution < -0.4 is 14.4 Å². The Hall–Kier alpha value is -2.38. The predicted octanol–water partition coefficient (Wildman–Crippen LogP) is 5.38. The SMILES string of the molecule is COc1cc(OC)c(Cl)c(-c2cc3cnc(C)cc3c(N3CC(F)(F)C3)n2)c1Cl. The number of anilines is 1. The Morgan fingerprint density at radius 3 is 2.21 bits per heavy atom. The standard InChI is InChI=1S/C20H17Cl2F2N3O2/c1-10-4-12-11(7-25-10)5-13(26-19(12)27-8-20(23,24)9-27)16-17(21)14(28-2)6-15(29-3)18(16)22/h4-7H,8-9H2,1-3H3. The number of alkyl halides is 2. The van der Waals surface area contributed by atoms with Crippen molar-refractivity contribution in [1.29, 1.82) is 0 Å². The normalized spacial score (nSPS) is 15.3.